The largest absolute Gasteiger partial charge is 0.507 e. The van der Waals surface area contributed by atoms with Crippen molar-refractivity contribution in [1.82, 2.24) is 0 Å². The summed E-state index contributed by atoms with van der Waals surface area (Å²) in [5, 5.41) is 11.4. The third kappa shape index (κ3) is 4.41. The van der Waals surface area contributed by atoms with E-state index in [0.29, 0.717) is 5.75 Å². The van der Waals surface area contributed by atoms with E-state index in [0.717, 1.165) is 11.1 Å². The maximum absolute atomic E-state index is 11.4. The number of hydrogen-bond donors (Lipinski definition) is 1. The molecule has 0 fully saturated rings. The van der Waals surface area contributed by atoms with E-state index in [9.17, 15) is 5.11 Å². The molecule has 0 amide bonds. The lowest BCUT2D eigenvalue weighted by Crippen LogP contribution is -2.06. The summed E-state index contributed by atoms with van der Waals surface area (Å²) in [6, 6.07) is 35.9. The number of benzene rings is 4. The summed E-state index contributed by atoms with van der Waals surface area (Å²) in [5.74, 6) is 0.860. The molecule has 0 unspecified atom stereocenters. The van der Waals surface area contributed by atoms with Crippen molar-refractivity contribution in [3.8, 4) is 5.75 Å². The van der Waals surface area contributed by atoms with Gasteiger partial charge in [0.15, 0.2) is 0 Å². The summed E-state index contributed by atoms with van der Waals surface area (Å²) in [4.78, 5) is 0. The first-order chi connectivity index (χ1) is 15.1. The molecule has 4 aromatic carbocycles. The number of aromatic hydroxyl groups is 1. The van der Waals surface area contributed by atoms with E-state index in [-0.39, 0.29) is 17.8 Å². The minimum atomic E-state index is 0.103. The Hall–Kier alpha value is -3.32. The first-order valence-electron chi connectivity index (χ1n) is 11.1. The lowest BCUT2D eigenvalue weighted by molar-refractivity contribution is 0.456. The van der Waals surface area contributed by atoms with Gasteiger partial charge < -0.3 is 5.11 Å². The van der Waals surface area contributed by atoms with Crippen LogP contribution in [0.25, 0.3) is 0 Å². The quantitative estimate of drug-likeness (QED) is 0.346. The molecule has 0 aliphatic rings. The molecule has 0 bridgehead atoms. The normalized spacial score (nSPS) is 14.0. The summed E-state index contributed by atoms with van der Waals surface area (Å²) in [7, 11) is 0. The molecule has 1 nitrogen and oxygen atoms in total. The zero-order chi connectivity index (χ0) is 21.8. The van der Waals surface area contributed by atoms with Crippen molar-refractivity contribution in [2.24, 2.45) is 0 Å². The summed E-state index contributed by atoms with van der Waals surface area (Å²) in [5.41, 5.74) is 6.92. The van der Waals surface area contributed by atoms with Crippen molar-refractivity contribution >= 4 is 0 Å². The van der Waals surface area contributed by atoms with Gasteiger partial charge in [-0.25, -0.2) is 0 Å². The molecular weight excluding hydrogens is 376 g/mol. The van der Waals surface area contributed by atoms with Gasteiger partial charge in [0.1, 0.15) is 5.75 Å². The van der Waals surface area contributed by atoms with Crippen LogP contribution in [-0.2, 0) is 0 Å². The second-order valence-electron chi connectivity index (χ2n) is 8.45. The van der Waals surface area contributed by atoms with E-state index >= 15 is 0 Å². The smallest absolute Gasteiger partial charge is 0.123 e. The number of hydrogen-bond acceptors (Lipinski definition) is 1. The molecule has 1 N–H and O–H groups in total. The third-order valence-electron chi connectivity index (χ3n) is 6.52. The lowest BCUT2D eigenvalue weighted by Gasteiger charge is -2.24. The molecule has 0 aliphatic heterocycles. The van der Waals surface area contributed by atoms with Gasteiger partial charge in [-0.1, -0.05) is 124 Å². The van der Waals surface area contributed by atoms with Gasteiger partial charge in [-0.3, -0.25) is 0 Å². The number of phenols is 1. The van der Waals surface area contributed by atoms with Crippen LogP contribution in [0.1, 0.15) is 71.9 Å². The molecule has 0 saturated carbocycles. The Morgan fingerprint density at radius 1 is 0.452 bits per heavy atom. The van der Waals surface area contributed by atoms with Crippen LogP contribution >= 0.6 is 0 Å². The minimum Gasteiger partial charge on any atom is -0.507 e. The Labute approximate surface area is 186 Å². The van der Waals surface area contributed by atoms with Crippen LogP contribution < -0.4 is 0 Å². The monoisotopic (exact) mass is 406 g/mol. The van der Waals surface area contributed by atoms with Crippen LogP contribution in [0.15, 0.2) is 103 Å². The summed E-state index contributed by atoms with van der Waals surface area (Å²) >= 11 is 0. The summed E-state index contributed by atoms with van der Waals surface area (Å²) in [6.07, 6.45) is 0. The molecule has 156 valence electrons. The van der Waals surface area contributed by atoms with Crippen LogP contribution in [0, 0.1) is 0 Å². The molecule has 31 heavy (non-hydrogen) atoms. The average molecular weight is 407 g/mol. The van der Waals surface area contributed by atoms with Crippen molar-refractivity contribution in [3.63, 3.8) is 0 Å². The van der Waals surface area contributed by atoms with Crippen molar-refractivity contribution in [3.05, 3.63) is 137 Å². The van der Waals surface area contributed by atoms with E-state index < -0.39 is 0 Å². The molecule has 0 aliphatic carbocycles. The highest BCUT2D eigenvalue weighted by atomic mass is 16.3. The van der Waals surface area contributed by atoms with E-state index in [1.807, 2.05) is 12.1 Å². The molecular formula is C30H30O. The molecule has 0 aromatic heterocycles. The van der Waals surface area contributed by atoms with Gasteiger partial charge in [0.25, 0.3) is 0 Å². The van der Waals surface area contributed by atoms with E-state index in [1.165, 1.54) is 22.3 Å². The summed E-state index contributed by atoms with van der Waals surface area (Å²) < 4.78 is 0. The Morgan fingerprint density at radius 3 is 1.13 bits per heavy atom. The van der Waals surface area contributed by atoms with E-state index in [1.54, 1.807) is 0 Å². The molecule has 0 heterocycles. The molecule has 1 heteroatoms. The Morgan fingerprint density at radius 2 is 0.774 bits per heavy atom. The predicted octanol–water partition coefficient (Wildman–Crippen LogP) is 7.85. The van der Waals surface area contributed by atoms with Crippen molar-refractivity contribution in [1.29, 1.82) is 0 Å². The van der Waals surface area contributed by atoms with Crippen LogP contribution in [0.2, 0.25) is 0 Å². The number of phenolic OH excluding ortho intramolecular Hbond substituents is 1. The first-order valence-corrected chi connectivity index (χ1v) is 11.1. The van der Waals surface area contributed by atoms with Crippen LogP contribution in [0.5, 0.6) is 5.75 Å². The second-order valence-corrected chi connectivity index (χ2v) is 8.45. The van der Waals surface area contributed by atoms with Crippen molar-refractivity contribution in [2.45, 2.75) is 38.5 Å². The van der Waals surface area contributed by atoms with Crippen LogP contribution in [0.4, 0.5) is 0 Å². The van der Waals surface area contributed by atoms with E-state index in [2.05, 4.69) is 112 Å². The third-order valence-corrected chi connectivity index (χ3v) is 6.52. The average Bonchev–Trinajstić information content (AvgIpc) is 2.84. The van der Waals surface area contributed by atoms with Crippen LogP contribution in [-0.4, -0.2) is 5.11 Å². The van der Waals surface area contributed by atoms with Gasteiger partial charge in [0.05, 0.1) is 0 Å². The predicted molar refractivity (Wildman–Crippen MR) is 130 cm³/mol. The van der Waals surface area contributed by atoms with Crippen LogP contribution in [0.3, 0.4) is 0 Å². The molecule has 4 aromatic rings. The Kier molecular flexibility index (Phi) is 6.23. The van der Waals surface area contributed by atoms with Crippen molar-refractivity contribution in [2.75, 3.05) is 0 Å². The van der Waals surface area contributed by atoms with Gasteiger partial charge in [0, 0.05) is 28.9 Å². The van der Waals surface area contributed by atoms with Gasteiger partial charge in [-0.15, -0.1) is 0 Å². The number of rotatable bonds is 6. The molecule has 0 spiro atoms. The molecule has 4 rings (SSSR count). The lowest BCUT2D eigenvalue weighted by atomic mass is 9.82. The standard InChI is InChI=1S/C30H30O/c1-21(24-13-7-4-8-14-24)27-19-28(22(2)25-15-9-5-10-16-25)30(31)29(20-27)23(3)26-17-11-6-12-18-26/h4-23,31H,1-3H3/t21-,22-,23+/m0/s1. The highest BCUT2D eigenvalue weighted by Crippen LogP contribution is 2.41. The van der Waals surface area contributed by atoms with E-state index in [4.69, 9.17) is 0 Å². The Bertz CT molecular complexity index is 1050. The molecule has 0 radical (unpaired) electrons. The fraction of sp³-hybridized carbons (Fsp3) is 0.200. The molecule has 3 atom stereocenters. The SMILES string of the molecule is C[C@@H](c1ccccc1)c1cc([C@H](C)c2ccccc2)c(O)c([C@@H](C)c2ccccc2)c1. The van der Waals surface area contributed by atoms with Gasteiger partial charge >= 0.3 is 0 Å². The van der Waals surface area contributed by atoms with Gasteiger partial charge in [0.2, 0.25) is 0 Å². The maximum Gasteiger partial charge on any atom is 0.123 e. The maximum atomic E-state index is 11.4. The Balaban J connectivity index is 1.86. The summed E-state index contributed by atoms with van der Waals surface area (Å²) in [6.45, 7) is 6.60. The highest BCUT2D eigenvalue weighted by Gasteiger charge is 2.23. The highest BCUT2D eigenvalue weighted by molar-refractivity contribution is 5.53. The topological polar surface area (TPSA) is 20.2 Å². The van der Waals surface area contributed by atoms with Gasteiger partial charge in [-0.05, 0) is 22.3 Å². The fourth-order valence-corrected chi connectivity index (χ4v) is 4.39. The van der Waals surface area contributed by atoms with Crippen molar-refractivity contribution < 1.29 is 5.11 Å². The molecule has 0 saturated heterocycles. The zero-order valence-corrected chi connectivity index (χ0v) is 18.5. The first kappa shape index (κ1) is 20.9. The minimum absolute atomic E-state index is 0.103. The van der Waals surface area contributed by atoms with Gasteiger partial charge in [-0.2, -0.15) is 0 Å². The second kappa shape index (κ2) is 9.22. The fourth-order valence-electron chi connectivity index (χ4n) is 4.39. The zero-order valence-electron chi connectivity index (χ0n) is 18.5.